The Hall–Kier alpha value is -2.18. The second kappa shape index (κ2) is 6.14. The Morgan fingerprint density at radius 3 is 2.96 bits per heavy atom. The third kappa shape index (κ3) is 2.87. The summed E-state index contributed by atoms with van der Waals surface area (Å²) in [5, 5.41) is 4.72. The van der Waals surface area contributed by atoms with E-state index in [1.54, 1.807) is 23.9 Å². The molecule has 0 saturated heterocycles. The Bertz CT molecular complexity index is 832. The van der Waals surface area contributed by atoms with Crippen molar-refractivity contribution in [2.24, 2.45) is 0 Å². The Morgan fingerprint density at radius 1 is 1.30 bits per heavy atom. The van der Waals surface area contributed by atoms with Gasteiger partial charge in [-0.05, 0) is 29.5 Å². The normalized spacial score (nSPS) is 14.8. The summed E-state index contributed by atoms with van der Waals surface area (Å²) in [5.74, 6) is -0.00234. The van der Waals surface area contributed by atoms with Gasteiger partial charge in [0, 0.05) is 28.9 Å². The molecule has 6 heteroatoms. The summed E-state index contributed by atoms with van der Waals surface area (Å²) in [5.41, 5.74) is 2.76. The molecule has 4 rings (SSSR count). The van der Waals surface area contributed by atoms with Crippen molar-refractivity contribution in [2.45, 2.75) is 6.42 Å². The monoisotopic (exact) mass is 342 g/mol. The molecule has 3 aromatic rings. The number of thiophene rings is 1. The Morgan fingerprint density at radius 2 is 2.26 bits per heavy atom. The van der Waals surface area contributed by atoms with Crippen molar-refractivity contribution in [1.29, 1.82) is 0 Å². The van der Waals surface area contributed by atoms with Crippen LogP contribution in [0.3, 0.4) is 0 Å². The Kier molecular flexibility index (Phi) is 3.85. The summed E-state index contributed by atoms with van der Waals surface area (Å²) in [6, 6.07) is 6.04. The molecule has 4 nitrogen and oxygen atoms in total. The Labute approximate surface area is 141 Å². The van der Waals surface area contributed by atoms with E-state index in [2.05, 4.69) is 28.6 Å². The molecule has 23 heavy (non-hydrogen) atoms. The van der Waals surface area contributed by atoms with Gasteiger partial charge in [0.1, 0.15) is 17.0 Å². The molecule has 0 atom stereocenters. The number of hydrogen-bond donors (Lipinski definition) is 0. The van der Waals surface area contributed by atoms with Crippen LogP contribution in [0.1, 0.15) is 21.8 Å². The van der Waals surface area contributed by atoms with Gasteiger partial charge in [-0.1, -0.05) is 12.1 Å². The molecule has 1 amide bonds. The lowest BCUT2D eigenvalue weighted by atomic mass is 10.1. The van der Waals surface area contributed by atoms with Gasteiger partial charge in [-0.3, -0.25) is 4.79 Å². The molecule has 0 N–H and O–H groups in total. The highest BCUT2D eigenvalue weighted by molar-refractivity contribution is 7.13. The van der Waals surface area contributed by atoms with Crippen LogP contribution in [0.5, 0.6) is 0 Å². The highest BCUT2D eigenvalue weighted by Crippen LogP contribution is 2.28. The lowest BCUT2D eigenvalue weighted by Crippen LogP contribution is -2.34. The van der Waals surface area contributed by atoms with Gasteiger partial charge in [-0.2, -0.15) is 0 Å². The van der Waals surface area contributed by atoms with Crippen molar-refractivity contribution in [2.75, 3.05) is 13.1 Å². The van der Waals surface area contributed by atoms with Gasteiger partial charge in [0.25, 0.3) is 5.91 Å². The molecule has 0 radical (unpaired) electrons. The number of rotatable bonds is 3. The van der Waals surface area contributed by atoms with Crippen molar-refractivity contribution in [1.82, 2.24) is 9.88 Å². The zero-order valence-electron chi connectivity index (χ0n) is 12.3. The van der Waals surface area contributed by atoms with Gasteiger partial charge >= 0.3 is 0 Å². The number of carbonyl (C=O) groups is 1. The van der Waals surface area contributed by atoms with Crippen LogP contribution in [0, 0.1) is 0 Å². The van der Waals surface area contributed by atoms with E-state index in [1.165, 1.54) is 21.8 Å². The number of hydrogen-bond acceptors (Lipinski definition) is 5. The van der Waals surface area contributed by atoms with E-state index < -0.39 is 0 Å². The van der Waals surface area contributed by atoms with E-state index in [0.717, 1.165) is 23.5 Å². The molecule has 0 aliphatic carbocycles. The maximum Gasteiger partial charge on any atom is 0.273 e. The number of thiazole rings is 1. The first-order chi connectivity index (χ1) is 11.3. The van der Waals surface area contributed by atoms with E-state index in [1.807, 2.05) is 16.3 Å². The largest absolute Gasteiger partial charge is 0.472 e. The number of nitrogens with zero attached hydrogens (tertiary/aromatic N) is 2. The zero-order valence-corrected chi connectivity index (χ0v) is 13.9. The van der Waals surface area contributed by atoms with Crippen LogP contribution in [0.4, 0.5) is 0 Å². The predicted octanol–water partition coefficient (Wildman–Crippen LogP) is 4.39. The van der Waals surface area contributed by atoms with Crippen LogP contribution < -0.4 is 0 Å². The first-order valence-electron chi connectivity index (χ1n) is 7.31. The molecular formula is C17H14N2O2S2. The highest BCUT2D eigenvalue weighted by atomic mass is 32.1. The summed E-state index contributed by atoms with van der Waals surface area (Å²) in [6.07, 6.45) is 6.30. The quantitative estimate of drug-likeness (QED) is 0.709. The summed E-state index contributed by atoms with van der Waals surface area (Å²) in [7, 11) is 0. The van der Waals surface area contributed by atoms with Crippen molar-refractivity contribution in [3.63, 3.8) is 0 Å². The minimum Gasteiger partial charge on any atom is -0.472 e. The third-order valence-electron chi connectivity index (χ3n) is 3.83. The molecule has 0 bridgehead atoms. The molecular weight excluding hydrogens is 328 g/mol. The van der Waals surface area contributed by atoms with Crippen LogP contribution in [0.15, 0.2) is 52.0 Å². The molecule has 1 aliphatic heterocycles. The SMILES string of the molecule is O=C(c1csc(-c2ccoc2)n1)N1CC=C(c2cccs2)CC1. The lowest BCUT2D eigenvalue weighted by Gasteiger charge is -2.25. The smallest absolute Gasteiger partial charge is 0.273 e. The molecule has 0 saturated carbocycles. The topological polar surface area (TPSA) is 46.3 Å². The lowest BCUT2D eigenvalue weighted by molar-refractivity contribution is 0.0768. The summed E-state index contributed by atoms with van der Waals surface area (Å²) in [6.45, 7) is 1.38. The van der Waals surface area contributed by atoms with Crippen LogP contribution in [-0.2, 0) is 0 Å². The fourth-order valence-electron chi connectivity index (χ4n) is 2.59. The zero-order chi connectivity index (χ0) is 15.6. The van der Waals surface area contributed by atoms with Crippen LogP contribution >= 0.6 is 22.7 Å². The number of furan rings is 1. The van der Waals surface area contributed by atoms with E-state index in [9.17, 15) is 4.79 Å². The standard InChI is InChI=1S/C17H14N2O2S2/c20-17(14-11-23-16(18-14)13-5-8-21-10-13)19-6-3-12(4-7-19)15-2-1-9-22-15/h1-3,5,8-11H,4,6-7H2. The first kappa shape index (κ1) is 14.4. The summed E-state index contributed by atoms with van der Waals surface area (Å²) < 4.78 is 5.07. The second-order valence-corrected chi connectivity index (χ2v) is 7.06. The Balaban J connectivity index is 1.48. The van der Waals surface area contributed by atoms with E-state index >= 15 is 0 Å². The van der Waals surface area contributed by atoms with Crippen molar-refractivity contribution >= 4 is 34.2 Å². The average molecular weight is 342 g/mol. The third-order valence-corrected chi connectivity index (χ3v) is 5.66. The molecule has 0 aromatic carbocycles. The van der Waals surface area contributed by atoms with Crippen molar-refractivity contribution in [3.05, 3.63) is 58.1 Å². The van der Waals surface area contributed by atoms with Crippen LogP contribution in [0.25, 0.3) is 16.1 Å². The number of carbonyl (C=O) groups excluding carboxylic acids is 1. The maximum atomic E-state index is 12.6. The van der Waals surface area contributed by atoms with Crippen molar-refractivity contribution < 1.29 is 9.21 Å². The van der Waals surface area contributed by atoms with E-state index in [-0.39, 0.29) is 5.91 Å². The molecule has 4 heterocycles. The minimum absolute atomic E-state index is 0.00234. The van der Waals surface area contributed by atoms with Gasteiger partial charge in [0.2, 0.25) is 0 Å². The molecule has 3 aromatic heterocycles. The number of amides is 1. The molecule has 1 aliphatic rings. The molecule has 116 valence electrons. The molecule has 0 fully saturated rings. The fraction of sp³-hybridized carbons (Fsp3) is 0.176. The summed E-state index contributed by atoms with van der Waals surface area (Å²) in [4.78, 5) is 20.2. The van der Waals surface area contributed by atoms with Gasteiger partial charge in [0.05, 0.1) is 6.26 Å². The fourth-order valence-corrected chi connectivity index (χ4v) is 4.17. The molecule has 0 unspecified atom stereocenters. The van der Waals surface area contributed by atoms with E-state index in [0.29, 0.717) is 12.2 Å². The van der Waals surface area contributed by atoms with Crippen LogP contribution in [0.2, 0.25) is 0 Å². The number of aromatic nitrogens is 1. The van der Waals surface area contributed by atoms with Gasteiger partial charge in [-0.25, -0.2) is 4.98 Å². The first-order valence-corrected chi connectivity index (χ1v) is 9.07. The van der Waals surface area contributed by atoms with Crippen LogP contribution in [-0.4, -0.2) is 28.9 Å². The van der Waals surface area contributed by atoms with Gasteiger partial charge in [0.15, 0.2) is 0 Å². The van der Waals surface area contributed by atoms with E-state index in [4.69, 9.17) is 4.42 Å². The summed E-state index contributed by atoms with van der Waals surface area (Å²) >= 11 is 3.21. The minimum atomic E-state index is -0.00234. The molecule has 0 spiro atoms. The average Bonchev–Trinajstić information content (AvgIpc) is 3.36. The van der Waals surface area contributed by atoms with Gasteiger partial charge < -0.3 is 9.32 Å². The highest BCUT2D eigenvalue weighted by Gasteiger charge is 2.22. The van der Waals surface area contributed by atoms with Gasteiger partial charge in [-0.15, -0.1) is 22.7 Å². The second-order valence-electron chi connectivity index (χ2n) is 5.26. The van der Waals surface area contributed by atoms with Crippen molar-refractivity contribution in [3.8, 4) is 10.6 Å². The maximum absolute atomic E-state index is 12.6. The predicted molar refractivity (Wildman–Crippen MR) is 92.6 cm³/mol.